The van der Waals surface area contributed by atoms with Crippen molar-refractivity contribution in [3.63, 3.8) is 0 Å². The molecule has 0 spiro atoms. The van der Waals surface area contributed by atoms with Crippen molar-refractivity contribution < 1.29 is 4.79 Å². The van der Waals surface area contributed by atoms with Crippen LogP contribution in [0.25, 0.3) is 16.9 Å². The van der Waals surface area contributed by atoms with Crippen LogP contribution in [0.2, 0.25) is 0 Å². The van der Waals surface area contributed by atoms with E-state index in [0.29, 0.717) is 6.42 Å². The van der Waals surface area contributed by atoms with Crippen LogP contribution in [-0.2, 0) is 4.79 Å². The summed E-state index contributed by atoms with van der Waals surface area (Å²) in [6, 6.07) is 14.1. The van der Waals surface area contributed by atoms with Gasteiger partial charge in [-0.25, -0.2) is 4.98 Å². The van der Waals surface area contributed by atoms with E-state index in [-0.39, 0.29) is 5.91 Å². The van der Waals surface area contributed by atoms with E-state index in [9.17, 15) is 4.79 Å². The van der Waals surface area contributed by atoms with E-state index in [1.54, 1.807) is 0 Å². The molecule has 0 atom stereocenters. The third kappa shape index (κ3) is 3.50. The van der Waals surface area contributed by atoms with E-state index in [2.05, 4.69) is 12.2 Å². The minimum atomic E-state index is 0.0801. The Hall–Kier alpha value is -2.62. The van der Waals surface area contributed by atoms with E-state index in [1.165, 1.54) is 25.7 Å². The van der Waals surface area contributed by atoms with Gasteiger partial charge < -0.3 is 5.32 Å². The number of carbonyl (C=O) groups is 1. The lowest BCUT2D eigenvalue weighted by Gasteiger charge is -2.10. The van der Waals surface area contributed by atoms with Crippen LogP contribution >= 0.6 is 0 Å². The van der Waals surface area contributed by atoms with Crippen molar-refractivity contribution in [2.75, 3.05) is 5.32 Å². The van der Waals surface area contributed by atoms with Crippen molar-refractivity contribution in [1.29, 1.82) is 0 Å². The first-order chi connectivity index (χ1) is 12.7. The molecule has 1 aliphatic rings. The maximum absolute atomic E-state index is 12.6. The highest BCUT2D eigenvalue weighted by Crippen LogP contribution is 2.31. The van der Waals surface area contributed by atoms with Gasteiger partial charge in [0.2, 0.25) is 5.91 Å². The fraction of sp³-hybridized carbons (Fsp3) is 0.364. The van der Waals surface area contributed by atoms with Gasteiger partial charge in [-0.05, 0) is 37.0 Å². The quantitative estimate of drug-likeness (QED) is 0.688. The molecule has 2 aromatic heterocycles. The molecule has 0 radical (unpaired) electrons. The van der Waals surface area contributed by atoms with Crippen LogP contribution in [0, 0.1) is 12.8 Å². The Labute approximate surface area is 154 Å². The second-order valence-electron chi connectivity index (χ2n) is 7.34. The molecule has 0 saturated heterocycles. The lowest BCUT2D eigenvalue weighted by molar-refractivity contribution is -0.116. The first-order valence-corrected chi connectivity index (χ1v) is 9.55. The number of aromatic nitrogens is 2. The molecule has 26 heavy (non-hydrogen) atoms. The van der Waals surface area contributed by atoms with Gasteiger partial charge in [0.25, 0.3) is 0 Å². The summed E-state index contributed by atoms with van der Waals surface area (Å²) < 4.78 is 1.98. The minimum Gasteiger partial charge on any atom is -0.310 e. The van der Waals surface area contributed by atoms with E-state index in [0.717, 1.165) is 40.6 Å². The van der Waals surface area contributed by atoms with Gasteiger partial charge in [0.15, 0.2) is 0 Å². The Morgan fingerprint density at radius 1 is 1.19 bits per heavy atom. The summed E-state index contributed by atoms with van der Waals surface area (Å²) in [5.41, 5.74) is 3.85. The molecule has 4 nitrogen and oxygen atoms in total. The number of pyridine rings is 1. The van der Waals surface area contributed by atoms with E-state index in [1.807, 2.05) is 53.1 Å². The summed E-state index contributed by atoms with van der Waals surface area (Å²) >= 11 is 0. The van der Waals surface area contributed by atoms with Crippen molar-refractivity contribution >= 4 is 17.4 Å². The highest BCUT2D eigenvalue weighted by Gasteiger charge is 2.19. The van der Waals surface area contributed by atoms with Crippen molar-refractivity contribution in [3.8, 4) is 11.3 Å². The first-order valence-electron chi connectivity index (χ1n) is 9.55. The lowest BCUT2D eigenvalue weighted by Crippen LogP contribution is -2.14. The van der Waals surface area contributed by atoms with Crippen molar-refractivity contribution in [2.24, 2.45) is 5.92 Å². The highest BCUT2D eigenvalue weighted by atomic mass is 16.1. The molecule has 1 amide bonds. The summed E-state index contributed by atoms with van der Waals surface area (Å²) in [6.45, 7) is 2.05. The van der Waals surface area contributed by atoms with Gasteiger partial charge in [-0.3, -0.25) is 9.20 Å². The number of imidazole rings is 1. The Morgan fingerprint density at radius 3 is 2.73 bits per heavy atom. The van der Waals surface area contributed by atoms with Crippen LogP contribution in [0.15, 0.2) is 48.7 Å². The Bertz CT molecular complexity index is 908. The Morgan fingerprint density at radius 2 is 1.96 bits per heavy atom. The van der Waals surface area contributed by atoms with Crippen LogP contribution in [0.4, 0.5) is 5.82 Å². The average molecular weight is 347 g/mol. The zero-order chi connectivity index (χ0) is 17.9. The predicted molar refractivity (Wildman–Crippen MR) is 105 cm³/mol. The van der Waals surface area contributed by atoms with Crippen molar-refractivity contribution in [1.82, 2.24) is 9.38 Å². The van der Waals surface area contributed by atoms with Gasteiger partial charge in [-0.15, -0.1) is 0 Å². The van der Waals surface area contributed by atoms with Crippen molar-refractivity contribution in [3.05, 3.63) is 54.2 Å². The number of amides is 1. The van der Waals surface area contributed by atoms with E-state index >= 15 is 0 Å². The summed E-state index contributed by atoms with van der Waals surface area (Å²) in [5.74, 6) is 1.57. The molecule has 1 N–H and O–H groups in total. The number of hydrogen-bond donors (Lipinski definition) is 1. The number of nitrogens with zero attached hydrogens (tertiary/aromatic N) is 2. The molecule has 0 aliphatic heterocycles. The number of anilines is 1. The molecule has 4 heteroatoms. The Balaban J connectivity index is 1.62. The molecule has 1 fully saturated rings. The zero-order valence-electron chi connectivity index (χ0n) is 15.2. The number of hydrogen-bond acceptors (Lipinski definition) is 2. The molecule has 4 rings (SSSR count). The summed E-state index contributed by atoms with van der Waals surface area (Å²) in [4.78, 5) is 17.4. The second kappa shape index (κ2) is 7.32. The molecule has 0 bridgehead atoms. The van der Waals surface area contributed by atoms with Gasteiger partial charge in [0, 0.05) is 18.2 Å². The topological polar surface area (TPSA) is 46.4 Å². The number of aryl methyl sites for hydroxylation is 1. The molecule has 3 aromatic rings. The molecular weight excluding hydrogens is 322 g/mol. The SMILES string of the molecule is Cc1ccn2c(NC(=O)CCC3CCCC3)c(-c3ccccc3)nc2c1. The standard InChI is InChI=1S/C22H25N3O/c1-16-13-14-25-19(15-16)23-21(18-9-3-2-4-10-18)22(25)24-20(26)12-11-17-7-5-6-8-17/h2-4,9-10,13-15,17H,5-8,11-12H2,1H3,(H,24,26). The third-order valence-electron chi connectivity index (χ3n) is 5.34. The average Bonchev–Trinajstić information content (AvgIpc) is 3.29. The molecule has 1 aromatic carbocycles. The third-order valence-corrected chi connectivity index (χ3v) is 5.34. The molecule has 0 unspecified atom stereocenters. The van der Waals surface area contributed by atoms with Crippen LogP contribution < -0.4 is 5.32 Å². The normalized spacial score (nSPS) is 14.8. The molecule has 1 saturated carbocycles. The Kier molecular flexibility index (Phi) is 4.74. The highest BCUT2D eigenvalue weighted by molar-refractivity contribution is 5.94. The fourth-order valence-corrected chi connectivity index (χ4v) is 3.89. The van der Waals surface area contributed by atoms with Gasteiger partial charge >= 0.3 is 0 Å². The van der Waals surface area contributed by atoms with Crippen LogP contribution in [0.1, 0.15) is 44.1 Å². The first kappa shape index (κ1) is 16.8. The van der Waals surface area contributed by atoms with E-state index in [4.69, 9.17) is 4.98 Å². The largest absolute Gasteiger partial charge is 0.310 e. The molecule has 134 valence electrons. The van der Waals surface area contributed by atoms with Gasteiger partial charge in [-0.1, -0.05) is 56.0 Å². The van der Waals surface area contributed by atoms with Crippen LogP contribution in [-0.4, -0.2) is 15.3 Å². The second-order valence-corrected chi connectivity index (χ2v) is 7.34. The minimum absolute atomic E-state index is 0.0801. The number of benzene rings is 1. The summed E-state index contributed by atoms with van der Waals surface area (Å²) in [6.07, 6.45) is 8.74. The summed E-state index contributed by atoms with van der Waals surface area (Å²) in [5, 5.41) is 3.14. The number of carbonyl (C=O) groups excluding carboxylic acids is 1. The zero-order valence-corrected chi connectivity index (χ0v) is 15.2. The fourth-order valence-electron chi connectivity index (χ4n) is 3.89. The van der Waals surface area contributed by atoms with Crippen molar-refractivity contribution in [2.45, 2.75) is 45.4 Å². The monoisotopic (exact) mass is 347 g/mol. The predicted octanol–water partition coefficient (Wildman–Crippen LogP) is 5.22. The molecule has 1 aliphatic carbocycles. The maximum atomic E-state index is 12.6. The summed E-state index contributed by atoms with van der Waals surface area (Å²) in [7, 11) is 0. The van der Waals surface area contributed by atoms with Crippen LogP contribution in [0.3, 0.4) is 0 Å². The maximum Gasteiger partial charge on any atom is 0.225 e. The number of nitrogens with one attached hydrogen (secondary N) is 1. The van der Waals surface area contributed by atoms with Gasteiger partial charge in [-0.2, -0.15) is 0 Å². The van der Waals surface area contributed by atoms with Gasteiger partial charge in [0.1, 0.15) is 17.2 Å². The van der Waals surface area contributed by atoms with Gasteiger partial charge in [0.05, 0.1) is 0 Å². The van der Waals surface area contributed by atoms with Crippen LogP contribution in [0.5, 0.6) is 0 Å². The number of rotatable bonds is 5. The molecule has 2 heterocycles. The number of fused-ring (bicyclic) bond motifs is 1. The smallest absolute Gasteiger partial charge is 0.225 e. The lowest BCUT2D eigenvalue weighted by atomic mass is 10.0. The van der Waals surface area contributed by atoms with E-state index < -0.39 is 0 Å². The molecular formula is C22H25N3O.